The summed E-state index contributed by atoms with van der Waals surface area (Å²) in [5, 5.41) is 7.86. The Balaban J connectivity index is 1.94. The summed E-state index contributed by atoms with van der Waals surface area (Å²) in [4.78, 5) is 0. The molecule has 3 heteroatoms. The second-order valence-corrected chi connectivity index (χ2v) is 4.90. The summed E-state index contributed by atoms with van der Waals surface area (Å²) < 4.78 is 0. The van der Waals surface area contributed by atoms with E-state index < -0.39 is 0 Å². The van der Waals surface area contributed by atoms with Gasteiger partial charge in [0.1, 0.15) is 0 Å². The van der Waals surface area contributed by atoms with Crippen LogP contribution in [0.25, 0.3) is 0 Å². The van der Waals surface area contributed by atoms with E-state index in [1.54, 1.807) is 0 Å². The molecule has 0 radical (unpaired) electrons. The Morgan fingerprint density at radius 3 is 2.81 bits per heavy atom. The summed E-state index contributed by atoms with van der Waals surface area (Å²) in [6.07, 6.45) is 2.43. The van der Waals surface area contributed by atoms with E-state index in [9.17, 15) is 0 Å². The zero-order chi connectivity index (χ0) is 11.4. The van der Waals surface area contributed by atoms with Crippen LogP contribution in [0, 0.1) is 0 Å². The van der Waals surface area contributed by atoms with Gasteiger partial charge in [0.25, 0.3) is 0 Å². The van der Waals surface area contributed by atoms with Gasteiger partial charge in [0.15, 0.2) is 0 Å². The smallest absolute Gasteiger partial charge is 0.0409 e. The predicted octanol–water partition coefficient (Wildman–Crippen LogP) is 2.74. The van der Waals surface area contributed by atoms with Crippen molar-refractivity contribution in [3.63, 3.8) is 0 Å². The lowest BCUT2D eigenvalue weighted by atomic mass is 10.0. The first kappa shape index (κ1) is 11.9. The van der Waals surface area contributed by atoms with Crippen LogP contribution in [-0.2, 0) is 0 Å². The number of benzene rings is 1. The molecule has 1 atom stereocenters. The van der Waals surface area contributed by atoms with Gasteiger partial charge in [-0.2, -0.15) is 0 Å². The van der Waals surface area contributed by atoms with Gasteiger partial charge in [0.2, 0.25) is 0 Å². The van der Waals surface area contributed by atoms with E-state index in [1.807, 2.05) is 18.2 Å². The number of hydrogen-bond donors (Lipinski definition) is 2. The number of piperidine rings is 1. The molecule has 0 aromatic heterocycles. The minimum absolute atomic E-state index is 0.377. The largest absolute Gasteiger partial charge is 0.317 e. The van der Waals surface area contributed by atoms with Gasteiger partial charge in [-0.15, -0.1) is 0 Å². The standard InChI is InChI=1S/C13H19ClN2/c1-10(11-3-2-4-12(14)9-11)16-13-5-7-15-8-6-13/h2-4,9-10,13,15-16H,5-8H2,1H3/t10-/m0/s1. The summed E-state index contributed by atoms with van der Waals surface area (Å²) in [6.45, 7) is 4.45. The Bertz CT molecular complexity index is 334. The first-order chi connectivity index (χ1) is 7.75. The molecule has 1 heterocycles. The highest BCUT2D eigenvalue weighted by atomic mass is 35.5. The monoisotopic (exact) mass is 238 g/mol. The van der Waals surface area contributed by atoms with Crippen molar-refractivity contribution < 1.29 is 0 Å². The van der Waals surface area contributed by atoms with Gasteiger partial charge in [-0.05, 0) is 50.6 Å². The number of hydrogen-bond acceptors (Lipinski definition) is 2. The van der Waals surface area contributed by atoms with E-state index in [0.717, 1.165) is 18.1 Å². The molecule has 0 amide bonds. The van der Waals surface area contributed by atoms with Gasteiger partial charge in [0.05, 0.1) is 0 Å². The number of nitrogens with one attached hydrogen (secondary N) is 2. The Morgan fingerprint density at radius 1 is 1.38 bits per heavy atom. The van der Waals surface area contributed by atoms with Crippen molar-refractivity contribution in [2.45, 2.75) is 31.8 Å². The van der Waals surface area contributed by atoms with Gasteiger partial charge >= 0.3 is 0 Å². The maximum Gasteiger partial charge on any atom is 0.0409 e. The highest BCUT2D eigenvalue weighted by molar-refractivity contribution is 6.30. The van der Waals surface area contributed by atoms with Crippen molar-refractivity contribution in [3.05, 3.63) is 34.9 Å². The Morgan fingerprint density at radius 2 is 2.12 bits per heavy atom. The first-order valence-corrected chi connectivity index (χ1v) is 6.36. The molecule has 0 spiro atoms. The van der Waals surface area contributed by atoms with Crippen LogP contribution in [-0.4, -0.2) is 19.1 Å². The van der Waals surface area contributed by atoms with Gasteiger partial charge < -0.3 is 10.6 Å². The topological polar surface area (TPSA) is 24.1 Å². The Kier molecular flexibility index (Phi) is 4.22. The van der Waals surface area contributed by atoms with E-state index in [0.29, 0.717) is 12.1 Å². The summed E-state index contributed by atoms with van der Waals surface area (Å²) in [5.74, 6) is 0. The van der Waals surface area contributed by atoms with Crippen molar-refractivity contribution in [2.24, 2.45) is 0 Å². The highest BCUT2D eigenvalue weighted by Crippen LogP contribution is 2.19. The molecular weight excluding hydrogens is 220 g/mol. The van der Waals surface area contributed by atoms with Crippen LogP contribution >= 0.6 is 11.6 Å². The van der Waals surface area contributed by atoms with Gasteiger partial charge in [-0.3, -0.25) is 0 Å². The summed E-state index contributed by atoms with van der Waals surface area (Å²) >= 11 is 5.99. The van der Waals surface area contributed by atoms with Gasteiger partial charge in [0, 0.05) is 17.1 Å². The number of halogens is 1. The molecule has 1 aliphatic rings. The zero-order valence-electron chi connectivity index (χ0n) is 9.67. The minimum Gasteiger partial charge on any atom is -0.317 e. The van der Waals surface area contributed by atoms with Gasteiger partial charge in [-0.1, -0.05) is 23.7 Å². The van der Waals surface area contributed by atoms with Crippen LogP contribution in [0.1, 0.15) is 31.4 Å². The van der Waals surface area contributed by atoms with Crippen LogP contribution in [0.5, 0.6) is 0 Å². The van der Waals surface area contributed by atoms with E-state index in [-0.39, 0.29) is 0 Å². The van der Waals surface area contributed by atoms with Gasteiger partial charge in [-0.25, -0.2) is 0 Å². The minimum atomic E-state index is 0.377. The van der Waals surface area contributed by atoms with Crippen LogP contribution < -0.4 is 10.6 Å². The molecule has 2 N–H and O–H groups in total. The molecule has 1 fully saturated rings. The fourth-order valence-electron chi connectivity index (χ4n) is 2.21. The quantitative estimate of drug-likeness (QED) is 0.846. The molecule has 0 bridgehead atoms. The average molecular weight is 239 g/mol. The Hall–Kier alpha value is -0.570. The molecule has 1 aromatic rings. The molecule has 16 heavy (non-hydrogen) atoms. The van der Waals surface area contributed by atoms with E-state index in [2.05, 4.69) is 23.6 Å². The maximum absolute atomic E-state index is 5.99. The van der Waals surface area contributed by atoms with Crippen molar-refractivity contribution in [1.29, 1.82) is 0 Å². The van der Waals surface area contributed by atoms with E-state index in [4.69, 9.17) is 11.6 Å². The van der Waals surface area contributed by atoms with E-state index >= 15 is 0 Å². The van der Waals surface area contributed by atoms with E-state index in [1.165, 1.54) is 18.4 Å². The second kappa shape index (κ2) is 5.67. The fraction of sp³-hybridized carbons (Fsp3) is 0.538. The molecule has 1 aromatic carbocycles. The molecule has 1 aliphatic heterocycles. The lowest BCUT2D eigenvalue weighted by Crippen LogP contribution is -2.40. The Labute approximate surface area is 102 Å². The predicted molar refractivity (Wildman–Crippen MR) is 68.9 cm³/mol. The third-order valence-corrected chi connectivity index (χ3v) is 3.41. The molecule has 0 saturated carbocycles. The maximum atomic E-state index is 5.99. The second-order valence-electron chi connectivity index (χ2n) is 4.47. The molecule has 0 aliphatic carbocycles. The summed E-state index contributed by atoms with van der Waals surface area (Å²) in [5.41, 5.74) is 1.27. The van der Waals surface area contributed by atoms with Crippen LogP contribution in [0.4, 0.5) is 0 Å². The third-order valence-electron chi connectivity index (χ3n) is 3.17. The molecule has 2 nitrogen and oxygen atoms in total. The normalized spacial score (nSPS) is 19.6. The van der Waals surface area contributed by atoms with Crippen LogP contribution in [0.15, 0.2) is 24.3 Å². The van der Waals surface area contributed by atoms with Crippen LogP contribution in [0.2, 0.25) is 5.02 Å². The lowest BCUT2D eigenvalue weighted by Gasteiger charge is -2.27. The highest BCUT2D eigenvalue weighted by Gasteiger charge is 2.15. The first-order valence-electron chi connectivity index (χ1n) is 5.98. The number of rotatable bonds is 3. The molecular formula is C13H19ClN2. The third kappa shape index (κ3) is 3.21. The lowest BCUT2D eigenvalue weighted by molar-refractivity contribution is 0.359. The van der Waals surface area contributed by atoms with Crippen molar-refractivity contribution in [1.82, 2.24) is 10.6 Å². The molecule has 0 unspecified atom stereocenters. The zero-order valence-corrected chi connectivity index (χ0v) is 10.4. The fourth-order valence-corrected chi connectivity index (χ4v) is 2.41. The summed E-state index contributed by atoms with van der Waals surface area (Å²) in [7, 11) is 0. The van der Waals surface area contributed by atoms with Crippen molar-refractivity contribution in [2.75, 3.05) is 13.1 Å². The van der Waals surface area contributed by atoms with Crippen molar-refractivity contribution >= 4 is 11.6 Å². The SMILES string of the molecule is C[C@H](NC1CCNCC1)c1cccc(Cl)c1. The summed E-state index contributed by atoms with van der Waals surface area (Å²) in [6, 6.07) is 9.11. The molecule has 2 rings (SSSR count). The molecule has 1 saturated heterocycles. The van der Waals surface area contributed by atoms with Crippen LogP contribution in [0.3, 0.4) is 0 Å². The van der Waals surface area contributed by atoms with Crippen molar-refractivity contribution in [3.8, 4) is 0 Å². The molecule has 88 valence electrons. The average Bonchev–Trinajstić information content (AvgIpc) is 2.30.